The molecule has 0 unspecified atom stereocenters. The van der Waals surface area contributed by atoms with Crippen LogP contribution in [0.2, 0.25) is 0 Å². The predicted octanol–water partition coefficient (Wildman–Crippen LogP) is 2.66. The van der Waals surface area contributed by atoms with E-state index in [-0.39, 0.29) is 11.1 Å². The van der Waals surface area contributed by atoms with Crippen molar-refractivity contribution in [3.63, 3.8) is 0 Å². The van der Waals surface area contributed by atoms with E-state index in [1.165, 1.54) is 12.1 Å². The summed E-state index contributed by atoms with van der Waals surface area (Å²) in [7, 11) is 0. The van der Waals surface area contributed by atoms with Crippen molar-refractivity contribution >= 4 is 23.1 Å². The van der Waals surface area contributed by atoms with Gasteiger partial charge >= 0.3 is 6.03 Å². The number of nitrogens with two attached hydrogens (primary N) is 1. The van der Waals surface area contributed by atoms with Crippen LogP contribution in [0.1, 0.15) is 11.1 Å². The van der Waals surface area contributed by atoms with Gasteiger partial charge in [0.1, 0.15) is 12.1 Å². The standard InChI is InChI=1S/C15H11N5O/c16-8-10-1-4-14(7-11(10)9-17)20-15(21)19-13-5-2-12(18)3-6-13/h1-7H,18H2,(H2,19,20,21). The largest absolute Gasteiger partial charge is 0.399 e. The van der Waals surface area contributed by atoms with E-state index in [0.717, 1.165) is 0 Å². The lowest BCUT2D eigenvalue weighted by Crippen LogP contribution is -2.19. The zero-order valence-electron chi connectivity index (χ0n) is 10.9. The molecule has 6 nitrogen and oxygen atoms in total. The average Bonchev–Trinajstić information content (AvgIpc) is 2.49. The molecule has 0 saturated carbocycles. The normalized spacial score (nSPS) is 9.24. The van der Waals surface area contributed by atoms with Crippen molar-refractivity contribution in [2.24, 2.45) is 0 Å². The Hall–Kier alpha value is -3.51. The summed E-state index contributed by atoms with van der Waals surface area (Å²) in [4.78, 5) is 11.8. The molecule has 2 amide bonds. The molecule has 21 heavy (non-hydrogen) atoms. The first-order valence-electron chi connectivity index (χ1n) is 6.00. The predicted molar refractivity (Wildman–Crippen MR) is 79.4 cm³/mol. The van der Waals surface area contributed by atoms with E-state index in [1.54, 1.807) is 30.3 Å². The van der Waals surface area contributed by atoms with E-state index in [9.17, 15) is 4.79 Å². The summed E-state index contributed by atoms with van der Waals surface area (Å²) in [6, 6.07) is 14.5. The Morgan fingerprint density at radius 2 is 1.48 bits per heavy atom. The molecular formula is C15H11N5O. The van der Waals surface area contributed by atoms with Gasteiger partial charge < -0.3 is 16.4 Å². The van der Waals surface area contributed by atoms with Crippen LogP contribution in [0.3, 0.4) is 0 Å². The summed E-state index contributed by atoms with van der Waals surface area (Å²) in [6.45, 7) is 0. The smallest absolute Gasteiger partial charge is 0.323 e. The number of anilines is 3. The van der Waals surface area contributed by atoms with Crippen LogP contribution in [-0.2, 0) is 0 Å². The number of amides is 2. The second kappa shape index (κ2) is 6.09. The molecule has 2 aromatic carbocycles. The quantitative estimate of drug-likeness (QED) is 0.732. The third kappa shape index (κ3) is 3.49. The highest BCUT2D eigenvalue weighted by molar-refractivity contribution is 5.99. The number of carbonyl (C=O) groups is 1. The summed E-state index contributed by atoms with van der Waals surface area (Å²) in [5, 5.41) is 23.0. The lowest BCUT2D eigenvalue weighted by atomic mass is 10.1. The number of rotatable bonds is 2. The van der Waals surface area contributed by atoms with Crippen LogP contribution in [-0.4, -0.2) is 6.03 Å². The van der Waals surface area contributed by atoms with E-state index in [1.807, 2.05) is 12.1 Å². The van der Waals surface area contributed by atoms with E-state index in [0.29, 0.717) is 17.1 Å². The van der Waals surface area contributed by atoms with Crippen LogP contribution in [0, 0.1) is 22.7 Å². The molecule has 0 heterocycles. The Morgan fingerprint density at radius 3 is 2.10 bits per heavy atom. The molecule has 0 aliphatic heterocycles. The number of nitrogen functional groups attached to an aromatic ring is 1. The van der Waals surface area contributed by atoms with Gasteiger partial charge in [0.05, 0.1) is 11.1 Å². The van der Waals surface area contributed by atoms with Crippen LogP contribution >= 0.6 is 0 Å². The second-order valence-corrected chi connectivity index (χ2v) is 4.19. The van der Waals surface area contributed by atoms with Crippen molar-refractivity contribution < 1.29 is 4.79 Å². The number of benzene rings is 2. The third-order valence-electron chi connectivity index (χ3n) is 2.69. The van der Waals surface area contributed by atoms with Gasteiger partial charge in [0.15, 0.2) is 0 Å². The average molecular weight is 277 g/mol. The molecule has 4 N–H and O–H groups in total. The highest BCUT2D eigenvalue weighted by Gasteiger charge is 2.06. The van der Waals surface area contributed by atoms with Gasteiger partial charge in [-0.25, -0.2) is 4.79 Å². The molecule has 0 saturated heterocycles. The highest BCUT2D eigenvalue weighted by atomic mass is 16.2. The molecule has 2 aromatic rings. The molecule has 2 rings (SSSR count). The van der Waals surface area contributed by atoms with Gasteiger partial charge in [-0.15, -0.1) is 0 Å². The topological polar surface area (TPSA) is 115 Å². The van der Waals surface area contributed by atoms with E-state index < -0.39 is 6.03 Å². The molecule has 0 aromatic heterocycles. The fourth-order valence-corrected chi connectivity index (χ4v) is 1.67. The van der Waals surface area contributed by atoms with Crippen molar-refractivity contribution in [1.29, 1.82) is 10.5 Å². The van der Waals surface area contributed by atoms with Gasteiger partial charge in [-0.3, -0.25) is 0 Å². The molecule has 0 aliphatic carbocycles. The minimum Gasteiger partial charge on any atom is -0.399 e. The molecule has 102 valence electrons. The van der Waals surface area contributed by atoms with Crippen LogP contribution in [0.25, 0.3) is 0 Å². The first kappa shape index (κ1) is 13.9. The fourth-order valence-electron chi connectivity index (χ4n) is 1.67. The van der Waals surface area contributed by atoms with Gasteiger partial charge in [-0.2, -0.15) is 10.5 Å². The number of urea groups is 1. The van der Waals surface area contributed by atoms with Crippen LogP contribution in [0.5, 0.6) is 0 Å². The maximum atomic E-state index is 11.8. The van der Waals surface area contributed by atoms with Gasteiger partial charge in [-0.05, 0) is 42.5 Å². The summed E-state index contributed by atoms with van der Waals surface area (Å²) >= 11 is 0. The van der Waals surface area contributed by atoms with Crippen molar-refractivity contribution in [2.45, 2.75) is 0 Å². The molecular weight excluding hydrogens is 266 g/mol. The second-order valence-electron chi connectivity index (χ2n) is 4.19. The zero-order valence-corrected chi connectivity index (χ0v) is 10.9. The summed E-state index contributed by atoms with van der Waals surface area (Å²) < 4.78 is 0. The Labute approximate surface area is 121 Å². The Morgan fingerprint density at radius 1 is 0.905 bits per heavy atom. The van der Waals surface area contributed by atoms with E-state index >= 15 is 0 Å². The number of hydrogen-bond donors (Lipinski definition) is 3. The van der Waals surface area contributed by atoms with Crippen molar-refractivity contribution in [1.82, 2.24) is 0 Å². The van der Waals surface area contributed by atoms with Gasteiger partial charge in [0.25, 0.3) is 0 Å². The number of nitrogens with one attached hydrogen (secondary N) is 2. The van der Waals surface area contributed by atoms with Gasteiger partial charge in [0, 0.05) is 17.1 Å². The zero-order chi connectivity index (χ0) is 15.2. The van der Waals surface area contributed by atoms with Crippen LogP contribution in [0.15, 0.2) is 42.5 Å². The molecule has 6 heteroatoms. The lowest BCUT2D eigenvalue weighted by molar-refractivity contribution is 0.262. The molecule has 0 bridgehead atoms. The number of hydrogen-bond acceptors (Lipinski definition) is 4. The number of nitriles is 2. The molecule has 0 aliphatic rings. The minimum absolute atomic E-state index is 0.211. The molecule has 0 radical (unpaired) electrons. The van der Waals surface area contributed by atoms with E-state index in [2.05, 4.69) is 10.6 Å². The summed E-state index contributed by atoms with van der Waals surface area (Å²) in [5.74, 6) is 0. The SMILES string of the molecule is N#Cc1ccc(NC(=O)Nc2ccc(N)cc2)cc1C#N. The Balaban J connectivity index is 2.08. The first-order chi connectivity index (χ1) is 10.1. The maximum Gasteiger partial charge on any atom is 0.323 e. The van der Waals surface area contributed by atoms with Gasteiger partial charge in [-0.1, -0.05) is 0 Å². The lowest BCUT2D eigenvalue weighted by Gasteiger charge is -2.08. The molecule has 0 atom stereocenters. The van der Waals surface area contributed by atoms with E-state index in [4.69, 9.17) is 16.3 Å². The first-order valence-corrected chi connectivity index (χ1v) is 6.00. The summed E-state index contributed by atoms with van der Waals surface area (Å²) in [6.07, 6.45) is 0. The fraction of sp³-hybridized carbons (Fsp3) is 0. The van der Waals surface area contributed by atoms with Crippen molar-refractivity contribution in [3.8, 4) is 12.1 Å². The van der Waals surface area contributed by atoms with Crippen LogP contribution in [0.4, 0.5) is 21.9 Å². The Kier molecular flexibility index (Phi) is 4.03. The van der Waals surface area contributed by atoms with Crippen molar-refractivity contribution in [2.75, 3.05) is 16.4 Å². The number of nitrogens with zero attached hydrogens (tertiary/aromatic N) is 2. The minimum atomic E-state index is -0.451. The monoisotopic (exact) mass is 277 g/mol. The van der Waals surface area contributed by atoms with Crippen LogP contribution < -0.4 is 16.4 Å². The van der Waals surface area contributed by atoms with Crippen molar-refractivity contribution in [3.05, 3.63) is 53.6 Å². The molecule has 0 spiro atoms. The van der Waals surface area contributed by atoms with Gasteiger partial charge in [0.2, 0.25) is 0 Å². The highest BCUT2D eigenvalue weighted by Crippen LogP contribution is 2.15. The summed E-state index contributed by atoms with van der Waals surface area (Å²) in [5.41, 5.74) is 7.66. The Bertz CT molecular complexity index is 753. The third-order valence-corrected chi connectivity index (χ3v) is 2.69. The number of carbonyl (C=O) groups excluding carboxylic acids is 1. The molecule has 0 fully saturated rings. The maximum absolute atomic E-state index is 11.8.